The van der Waals surface area contributed by atoms with Gasteiger partial charge in [0, 0.05) is 22.9 Å². The molecule has 1 N–H and O–H groups in total. The van der Waals surface area contributed by atoms with Crippen LogP contribution in [-0.4, -0.2) is 36.8 Å². The van der Waals surface area contributed by atoms with Crippen molar-refractivity contribution in [3.8, 4) is 0 Å². The van der Waals surface area contributed by atoms with Gasteiger partial charge in [-0.05, 0) is 55.3 Å². The molecule has 1 amide bonds. The predicted molar refractivity (Wildman–Crippen MR) is 149 cm³/mol. The number of nitrogens with one attached hydrogen (secondary N) is 1. The summed E-state index contributed by atoms with van der Waals surface area (Å²) in [5.41, 5.74) is 2.49. The van der Waals surface area contributed by atoms with Crippen LogP contribution in [0.2, 0.25) is 5.15 Å². The Bertz CT molecular complexity index is 1440. The number of Topliss-reactive ketones (excluding diaryl/α,β-unsaturated/α-hetero) is 1. The molecule has 3 heterocycles. The van der Waals surface area contributed by atoms with Crippen molar-refractivity contribution < 1.29 is 9.59 Å². The van der Waals surface area contributed by atoms with Crippen molar-refractivity contribution in [2.24, 2.45) is 0 Å². The number of halogens is 1. The van der Waals surface area contributed by atoms with Gasteiger partial charge < -0.3 is 5.32 Å². The number of pyridine rings is 1. The molecule has 0 bridgehead atoms. The van der Waals surface area contributed by atoms with Crippen LogP contribution in [0.5, 0.6) is 0 Å². The Kier molecular flexibility index (Phi) is 8.29. The Hall–Kier alpha value is -3.23. The molecule has 0 saturated heterocycles. The number of rotatable bonds is 6. The first kappa shape index (κ1) is 26.8. The van der Waals surface area contributed by atoms with E-state index in [1.165, 1.54) is 4.90 Å². The second-order valence-electron chi connectivity index (χ2n) is 8.70. The molecule has 1 unspecified atom stereocenters. The molecule has 1 aliphatic rings. The molecule has 0 fully saturated rings. The van der Waals surface area contributed by atoms with Crippen molar-refractivity contribution in [1.29, 1.82) is 0 Å². The van der Waals surface area contributed by atoms with Crippen LogP contribution in [0.4, 0.5) is 5.82 Å². The second-order valence-corrected chi connectivity index (χ2v) is 10.4. The maximum atomic E-state index is 13.6. The van der Waals surface area contributed by atoms with E-state index in [2.05, 4.69) is 27.2 Å². The Balaban J connectivity index is 0.00000156. The molecule has 0 radical (unpaired) electrons. The number of aryl methyl sites for hydroxylation is 1. The number of hydrogen-bond donors (Lipinski definition) is 1. The Morgan fingerprint density at radius 2 is 1.92 bits per heavy atom. The fourth-order valence-corrected chi connectivity index (χ4v) is 5.34. The molecule has 7 nitrogen and oxygen atoms in total. The molecule has 0 spiro atoms. The van der Waals surface area contributed by atoms with Crippen LogP contribution in [0.25, 0.3) is 5.65 Å². The van der Waals surface area contributed by atoms with E-state index in [1.54, 1.807) is 46.9 Å². The minimum atomic E-state index is -0.848. The maximum Gasteiger partial charge on any atom is 0.229 e. The van der Waals surface area contributed by atoms with Crippen LogP contribution < -0.4 is 5.32 Å². The highest BCUT2D eigenvalue weighted by Gasteiger charge is 2.43. The van der Waals surface area contributed by atoms with Gasteiger partial charge in [-0.2, -0.15) is 0 Å². The van der Waals surface area contributed by atoms with Gasteiger partial charge in [0.05, 0.1) is 29.4 Å². The second kappa shape index (κ2) is 11.4. The van der Waals surface area contributed by atoms with Gasteiger partial charge in [0.25, 0.3) is 0 Å². The summed E-state index contributed by atoms with van der Waals surface area (Å²) in [5.74, 6) is 1.25. The van der Waals surface area contributed by atoms with E-state index in [-0.39, 0.29) is 18.1 Å². The van der Waals surface area contributed by atoms with Crippen molar-refractivity contribution >= 4 is 46.5 Å². The lowest BCUT2D eigenvalue weighted by atomic mass is 9.71. The number of nitrogens with zero attached hydrogens (tertiary/aromatic N) is 4. The van der Waals surface area contributed by atoms with Gasteiger partial charge in [-0.15, -0.1) is 11.8 Å². The summed E-state index contributed by atoms with van der Waals surface area (Å²) in [4.78, 5) is 40.8. The SMILES string of the molecule is CC.CCSc1ccc(CC(=O)Nc2ccc3c(n2)CCC(C)(c2ncc(Cl)n4ccnc24)C3=O)cc1. The highest BCUT2D eigenvalue weighted by atomic mass is 35.5. The predicted octanol–water partition coefficient (Wildman–Crippen LogP) is 6.18. The highest BCUT2D eigenvalue weighted by Crippen LogP contribution is 2.39. The number of aromatic nitrogens is 4. The average Bonchev–Trinajstić information content (AvgIpc) is 3.40. The van der Waals surface area contributed by atoms with Crippen LogP contribution in [0.15, 0.2) is 59.9 Å². The fourth-order valence-electron chi connectivity index (χ4n) is 4.49. The van der Waals surface area contributed by atoms with Gasteiger partial charge in [-0.1, -0.05) is 44.5 Å². The van der Waals surface area contributed by atoms with Crippen molar-refractivity contribution in [2.45, 2.75) is 57.3 Å². The third kappa shape index (κ3) is 5.40. The molecule has 0 saturated carbocycles. The van der Waals surface area contributed by atoms with Gasteiger partial charge in [0.15, 0.2) is 11.4 Å². The lowest BCUT2D eigenvalue weighted by molar-refractivity contribution is -0.115. The molecule has 1 aliphatic carbocycles. The van der Waals surface area contributed by atoms with E-state index in [9.17, 15) is 9.59 Å². The van der Waals surface area contributed by atoms with E-state index in [4.69, 9.17) is 11.6 Å². The first-order chi connectivity index (χ1) is 17.9. The van der Waals surface area contributed by atoms with Gasteiger partial charge in [0.2, 0.25) is 5.91 Å². The quantitative estimate of drug-likeness (QED) is 0.296. The van der Waals surface area contributed by atoms with Gasteiger partial charge in [0.1, 0.15) is 11.0 Å². The van der Waals surface area contributed by atoms with E-state index in [0.29, 0.717) is 46.4 Å². The number of anilines is 1. The first-order valence-corrected chi connectivity index (χ1v) is 13.8. The molecule has 192 valence electrons. The Morgan fingerprint density at radius 1 is 1.16 bits per heavy atom. The van der Waals surface area contributed by atoms with E-state index in [0.717, 1.165) is 11.3 Å². The number of ketones is 1. The van der Waals surface area contributed by atoms with Gasteiger partial charge >= 0.3 is 0 Å². The van der Waals surface area contributed by atoms with E-state index in [1.807, 2.05) is 45.0 Å². The van der Waals surface area contributed by atoms with Crippen LogP contribution in [0.3, 0.4) is 0 Å². The molecule has 9 heteroatoms. The zero-order chi connectivity index (χ0) is 26.6. The summed E-state index contributed by atoms with van der Waals surface area (Å²) in [5, 5.41) is 3.30. The summed E-state index contributed by atoms with van der Waals surface area (Å²) in [7, 11) is 0. The monoisotopic (exact) mass is 535 g/mol. The van der Waals surface area contributed by atoms with Crippen LogP contribution in [-0.2, 0) is 23.1 Å². The number of carbonyl (C=O) groups excluding carboxylic acids is 2. The molecule has 37 heavy (non-hydrogen) atoms. The molecule has 4 aromatic rings. The average molecular weight is 536 g/mol. The van der Waals surface area contributed by atoms with Crippen LogP contribution in [0, 0.1) is 0 Å². The molecule has 5 rings (SSSR count). The minimum Gasteiger partial charge on any atom is -0.310 e. The minimum absolute atomic E-state index is 0.0612. The molecular weight excluding hydrogens is 506 g/mol. The molecule has 1 atom stereocenters. The highest BCUT2D eigenvalue weighted by molar-refractivity contribution is 7.99. The third-order valence-electron chi connectivity index (χ3n) is 6.35. The van der Waals surface area contributed by atoms with Gasteiger partial charge in [-0.3, -0.25) is 19.0 Å². The summed E-state index contributed by atoms with van der Waals surface area (Å²) in [6, 6.07) is 11.4. The molecule has 0 aliphatic heterocycles. The van der Waals surface area contributed by atoms with Crippen LogP contribution >= 0.6 is 23.4 Å². The Morgan fingerprint density at radius 3 is 2.65 bits per heavy atom. The number of amides is 1. The first-order valence-electron chi connectivity index (χ1n) is 12.4. The Labute approximate surface area is 226 Å². The largest absolute Gasteiger partial charge is 0.310 e. The number of hydrogen-bond acceptors (Lipinski definition) is 6. The van der Waals surface area contributed by atoms with Gasteiger partial charge in [-0.25, -0.2) is 9.97 Å². The van der Waals surface area contributed by atoms with E-state index < -0.39 is 5.41 Å². The number of imidazole rings is 1. The zero-order valence-electron chi connectivity index (χ0n) is 21.4. The fraction of sp³-hybridized carbons (Fsp3) is 0.321. The number of benzene rings is 1. The smallest absolute Gasteiger partial charge is 0.229 e. The zero-order valence-corrected chi connectivity index (χ0v) is 23.0. The maximum absolute atomic E-state index is 13.6. The topological polar surface area (TPSA) is 89.2 Å². The van der Waals surface area contributed by atoms with Crippen molar-refractivity contribution in [3.63, 3.8) is 0 Å². The normalized spacial score (nSPS) is 16.6. The number of carbonyl (C=O) groups is 2. The summed E-state index contributed by atoms with van der Waals surface area (Å²) in [6.07, 6.45) is 6.31. The standard InChI is InChI=1S/C26H24ClN5O2S.C2H6/c1-3-35-17-6-4-16(5-7-17)14-22(33)31-21-9-8-18-19(30-21)10-11-26(2,24(18)34)23-25-28-12-13-32(25)20(27)15-29-23;1-2/h4-9,12-13,15H,3,10-11,14H2,1-2H3,(H,30,31,33);1-2H3. The third-order valence-corrected chi connectivity index (χ3v) is 7.53. The lowest BCUT2D eigenvalue weighted by Gasteiger charge is -2.32. The van der Waals surface area contributed by atoms with Crippen LogP contribution in [0.1, 0.15) is 61.4 Å². The van der Waals surface area contributed by atoms with Crippen molar-refractivity contribution in [1.82, 2.24) is 19.4 Å². The molecular formula is C28H30ClN5O2S. The molecule has 1 aromatic carbocycles. The summed E-state index contributed by atoms with van der Waals surface area (Å²) < 4.78 is 1.73. The number of thioether (sulfide) groups is 1. The summed E-state index contributed by atoms with van der Waals surface area (Å²) >= 11 is 8.00. The van der Waals surface area contributed by atoms with Crippen molar-refractivity contribution in [3.05, 3.63) is 82.7 Å². The summed E-state index contributed by atoms with van der Waals surface area (Å²) in [6.45, 7) is 8.00. The number of fused-ring (bicyclic) bond motifs is 2. The van der Waals surface area contributed by atoms with E-state index >= 15 is 0 Å². The van der Waals surface area contributed by atoms with Crippen molar-refractivity contribution in [2.75, 3.05) is 11.1 Å². The molecule has 3 aromatic heterocycles. The lowest BCUT2D eigenvalue weighted by Crippen LogP contribution is -2.39.